The van der Waals surface area contributed by atoms with Crippen LogP contribution in [0.15, 0.2) is 40.9 Å². The molecule has 3 nitrogen and oxygen atoms in total. The molecule has 3 rings (SSSR count). The van der Waals surface area contributed by atoms with E-state index in [0.29, 0.717) is 11.4 Å². The minimum absolute atomic E-state index is 0.308. The summed E-state index contributed by atoms with van der Waals surface area (Å²) in [6, 6.07) is 13.8. The van der Waals surface area contributed by atoms with E-state index in [1.165, 1.54) is 0 Å². The Morgan fingerprint density at radius 2 is 2.10 bits per heavy atom. The Morgan fingerprint density at radius 3 is 2.76 bits per heavy atom. The van der Waals surface area contributed by atoms with Crippen LogP contribution in [0.25, 0.3) is 16.7 Å². The molecule has 5 heteroatoms. The first-order valence-corrected chi connectivity index (χ1v) is 7.70. The lowest BCUT2D eigenvalue weighted by Gasteiger charge is -2.09. The lowest BCUT2D eigenvalue weighted by molar-refractivity contribution is 0.979. The molecule has 0 bridgehead atoms. The van der Waals surface area contributed by atoms with Crippen LogP contribution in [0.1, 0.15) is 17.0 Å². The fourth-order valence-corrected chi connectivity index (χ4v) is 3.19. The summed E-state index contributed by atoms with van der Waals surface area (Å²) in [5.74, 6) is 1.07. The first kappa shape index (κ1) is 14.1. The fraction of sp³-hybridized carbons (Fsp3) is 0.125. The molecule has 0 saturated heterocycles. The molecule has 1 aromatic heterocycles. The van der Waals surface area contributed by atoms with Crippen LogP contribution in [0.4, 0.5) is 0 Å². The third-order valence-corrected chi connectivity index (χ3v) is 3.95. The second kappa shape index (κ2) is 5.51. The van der Waals surface area contributed by atoms with Crippen molar-refractivity contribution in [2.24, 2.45) is 0 Å². The highest BCUT2D eigenvalue weighted by Crippen LogP contribution is 2.26. The van der Waals surface area contributed by atoms with Crippen molar-refractivity contribution < 1.29 is 0 Å². The lowest BCUT2D eigenvalue weighted by Crippen LogP contribution is -2.00. The zero-order valence-corrected chi connectivity index (χ0v) is 13.6. The highest BCUT2D eigenvalue weighted by Gasteiger charge is 2.13. The van der Waals surface area contributed by atoms with Gasteiger partial charge in [-0.3, -0.25) is 4.57 Å². The van der Waals surface area contributed by atoms with Gasteiger partial charge >= 0.3 is 0 Å². The molecule has 21 heavy (non-hydrogen) atoms. The minimum Gasteiger partial charge on any atom is -0.295 e. The molecule has 0 atom stereocenters. The van der Waals surface area contributed by atoms with Gasteiger partial charge in [0, 0.05) is 10.2 Å². The average Bonchev–Trinajstić information content (AvgIpc) is 2.83. The van der Waals surface area contributed by atoms with Crippen LogP contribution in [-0.4, -0.2) is 9.55 Å². The summed E-state index contributed by atoms with van der Waals surface area (Å²) in [6.45, 7) is 2.04. The summed E-state index contributed by atoms with van der Waals surface area (Å²) in [5.41, 5.74) is 4.45. The molecule has 0 saturated carbocycles. The summed E-state index contributed by atoms with van der Waals surface area (Å²) in [5, 5.41) is 9.10. The van der Waals surface area contributed by atoms with Gasteiger partial charge in [-0.15, -0.1) is 11.6 Å². The monoisotopic (exact) mass is 359 g/mol. The van der Waals surface area contributed by atoms with Gasteiger partial charge in [-0.25, -0.2) is 4.98 Å². The maximum Gasteiger partial charge on any atom is 0.129 e. The number of benzene rings is 2. The quantitative estimate of drug-likeness (QED) is 0.621. The number of alkyl halides is 1. The molecule has 3 aromatic rings. The van der Waals surface area contributed by atoms with E-state index < -0.39 is 0 Å². The van der Waals surface area contributed by atoms with Crippen molar-refractivity contribution >= 4 is 38.6 Å². The Kier molecular flexibility index (Phi) is 3.71. The number of fused-ring (bicyclic) bond motifs is 1. The van der Waals surface area contributed by atoms with Crippen LogP contribution in [0.5, 0.6) is 0 Å². The first-order valence-electron chi connectivity index (χ1n) is 6.37. The number of aryl methyl sites for hydroxylation is 1. The smallest absolute Gasteiger partial charge is 0.129 e. The topological polar surface area (TPSA) is 41.6 Å². The normalized spacial score (nSPS) is 10.8. The minimum atomic E-state index is 0.308. The molecule has 0 spiro atoms. The Hall–Kier alpha value is -1.83. The number of hydrogen-bond acceptors (Lipinski definition) is 2. The van der Waals surface area contributed by atoms with Crippen molar-refractivity contribution in [3.05, 3.63) is 57.8 Å². The van der Waals surface area contributed by atoms with E-state index in [2.05, 4.69) is 33.0 Å². The largest absolute Gasteiger partial charge is 0.295 e. The molecule has 0 aliphatic rings. The van der Waals surface area contributed by atoms with Gasteiger partial charge in [0.15, 0.2) is 0 Å². The van der Waals surface area contributed by atoms with E-state index in [-0.39, 0.29) is 0 Å². The van der Waals surface area contributed by atoms with Crippen molar-refractivity contribution in [2.45, 2.75) is 12.8 Å². The van der Waals surface area contributed by atoms with Crippen LogP contribution in [0, 0.1) is 18.3 Å². The molecule has 0 aliphatic carbocycles. The molecule has 104 valence electrons. The highest BCUT2D eigenvalue weighted by atomic mass is 79.9. The summed E-state index contributed by atoms with van der Waals surface area (Å²) >= 11 is 9.56. The maximum absolute atomic E-state index is 9.10. The van der Waals surface area contributed by atoms with Crippen LogP contribution in [0.2, 0.25) is 0 Å². The van der Waals surface area contributed by atoms with Crippen LogP contribution in [-0.2, 0) is 5.88 Å². The number of rotatable bonds is 2. The third kappa shape index (κ3) is 2.55. The molecule has 0 N–H and O–H groups in total. The third-order valence-electron chi connectivity index (χ3n) is 3.26. The second-order valence-corrected chi connectivity index (χ2v) is 5.98. The van der Waals surface area contributed by atoms with Crippen LogP contribution in [0.3, 0.4) is 0 Å². The molecule has 0 aliphatic heterocycles. The Labute approximate surface area is 135 Å². The van der Waals surface area contributed by atoms with Crippen molar-refractivity contribution in [1.29, 1.82) is 5.26 Å². The number of nitrogens with zero attached hydrogens (tertiary/aromatic N) is 3. The van der Waals surface area contributed by atoms with Gasteiger partial charge in [-0.2, -0.15) is 5.26 Å². The van der Waals surface area contributed by atoms with Crippen molar-refractivity contribution in [2.75, 3.05) is 0 Å². The fourth-order valence-electron chi connectivity index (χ4n) is 2.42. The van der Waals surface area contributed by atoms with Gasteiger partial charge in [0.25, 0.3) is 0 Å². The van der Waals surface area contributed by atoms with Gasteiger partial charge in [0.05, 0.1) is 28.5 Å². The van der Waals surface area contributed by atoms with Gasteiger partial charge in [0.1, 0.15) is 5.82 Å². The summed E-state index contributed by atoms with van der Waals surface area (Å²) in [4.78, 5) is 4.55. The predicted octanol–water partition coefficient (Wildman–Crippen LogP) is 4.71. The lowest BCUT2D eigenvalue weighted by atomic mass is 10.2. The van der Waals surface area contributed by atoms with E-state index in [1.54, 1.807) is 6.07 Å². The van der Waals surface area contributed by atoms with E-state index in [1.807, 2.05) is 35.8 Å². The summed E-state index contributed by atoms with van der Waals surface area (Å²) in [6.07, 6.45) is 0. The Morgan fingerprint density at radius 1 is 1.29 bits per heavy atom. The van der Waals surface area contributed by atoms with Gasteiger partial charge < -0.3 is 0 Å². The van der Waals surface area contributed by atoms with Crippen LogP contribution >= 0.6 is 27.5 Å². The number of aromatic nitrogens is 2. The van der Waals surface area contributed by atoms with Crippen molar-refractivity contribution in [3.8, 4) is 11.8 Å². The molecular formula is C16H11BrClN3. The molecule has 0 amide bonds. The molecule has 0 unspecified atom stereocenters. The van der Waals surface area contributed by atoms with Crippen LogP contribution < -0.4 is 0 Å². The van der Waals surface area contributed by atoms with E-state index in [9.17, 15) is 0 Å². The van der Waals surface area contributed by atoms with Gasteiger partial charge in [-0.1, -0.05) is 15.9 Å². The SMILES string of the molecule is Cc1cc(Br)cc(-n2c(CCl)nc3ccc(C#N)cc32)c1. The van der Waals surface area contributed by atoms with E-state index >= 15 is 0 Å². The zero-order valence-electron chi connectivity index (χ0n) is 11.3. The molecule has 2 aromatic carbocycles. The van der Waals surface area contributed by atoms with Crippen molar-refractivity contribution in [1.82, 2.24) is 9.55 Å². The van der Waals surface area contributed by atoms with E-state index in [4.69, 9.17) is 16.9 Å². The Bertz CT molecular complexity index is 857. The highest BCUT2D eigenvalue weighted by molar-refractivity contribution is 9.10. The average molecular weight is 361 g/mol. The van der Waals surface area contributed by atoms with Gasteiger partial charge in [0.2, 0.25) is 0 Å². The molecule has 0 fully saturated rings. The maximum atomic E-state index is 9.10. The zero-order chi connectivity index (χ0) is 15.0. The molecule has 1 heterocycles. The standard InChI is InChI=1S/C16H11BrClN3/c1-10-4-12(17)7-13(5-10)21-15-6-11(9-19)2-3-14(15)20-16(21)8-18/h2-7H,8H2,1H3. The number of hydrogen-bond donors (Lipinski definition) is 0. The molecule has 0 radical (unpaired) electrons. The number of imidazole rings is 1. The first-order chi connectivity index (χ1) is 10.1. The van der Waals surface area contributed by atoms with E-state index in [0.717, 1.165) is 32.6 Å². The molecular weight excluding hydrogens is 350 g/mol. The van der Waals surface area contributed by atoms with Gasteiger partial charge in [-0.05, 0) is 48.9 Å². The van der Waals surface area contributed by atoms with Crippen molar-refractivity contribution in [3.63, 3.8) is 0 Å². The summed E-state index contributed by atoms with van der Waals surface area (Å²) < 4.78 is 3.00. The number of halogens is 2. The second-order valence-electron chi connectivity index (χ2n) is 4.80. The predicted molar refractivity (Wildman–Crippen MR) is 87.8 cm³/mol. The Balaban J connectivity index is 2.36. The number of nitriles is 1. The summed E-state index contributed by atoms with van der Waals surface area (Å²) in [7, 11) is 0.